The highest BCUT2D eigenvalue weighted by Crippen LogP contribution is 2.41. The molecule has 18 heavy (non-hydrogen) atoms. The van der Waals surface area contributed by atoms with Crippen molar-refractivity contribution in [3.8, 4) is 0 Å². The fourth-order valence-corrected chi connectivity index (χ4v) is 4.97. The van der Waals surface area contributed by atoms with Gasteiger partial charge >= 0.3 is 0 Å². The zero-order valence-corrected chi connectivity index (χ0v) is 11.3. The predicted octanol–water partition coefficient (Wildman–Crippen LogP) is 1.79. The fraction of sp³-hybridized carbons (Fsp3) is 0.571. The standard InChI is InChI=1S/C14H19NO2S/c15-10-14(6-1-2-7-14)12-3-4-13-11(9-12)5-8-18(13,16)17/h3-4,9H,1-2,5-8,10,15H2. The van der Waals surface area contributed by atoms with E-state index in [4.69, 9.17) is 5.73 Å². The number of benzene rings is 1. The molecule has 0 bridgehead atoms. The van der Waals surface area contributed by atoms with Crippen molar-refractivity contribution >= 4 is 9.84 Å². The molecule has 1 heterocycles. The van der Waals surface area contributed by atoms with Gasteiger partial charge in [-0.25, -0.2) is 8.42 Å². The van der Waals surface area contributed by atoms with Gasteiger partial charge in [-0.15, -0.1) is 0 Å². The van der Waals surface area contributed by atoms with E-state index in [-0.39, 0.29) is 11.2 Å². The first kappa shape index (κ1) is 12.2. The zero-order valence-electron chi connectivity index (χ0n) is 10.5. The van der Waals surface area contributed by atoms with Crippen LogP contribution >= 0.6 is 0 Å². The number of rotatable bonds is 2. The first-order valence-corrected chi connectivity index (χ1v) is 8.29. The van der Waals surface area contributed by atoms with E-state index < -0.39 is 9.84 Å². The molecule has 0 aromatic heterocycles. The second-order valence-electron chi connectivity index (χ2n) is 5.58. The third kappa shape index (κ3) is 1.70. The molecule has 1 fully saturated rings. The summed E-state index contributed by atoms with van der Waals surface area (Å²) in [4.78, 5) is 0.538. The summed E-state index contributed by atoms with van der Waals surface area (Å²) in [6.07, 6.45) is 5.38. The Kier molecular flexibility index (Phi) is 2.75. The molecule has 0 spiro atoms. The molecule has 0 atom stereocenters. The number of hydrogen-bond acceptors (Lipinski definition) is 3. The molecule has 0 unspecified atom stereocenters. The van der Waals surface area contributed by atoms with Crippen LogP contribution in [0.3, 0.4) is 0 Å². The molecule has 0 amide bonds. The maximum atomic E-state index is 11.8. The molecule has 2 N–H and O–H groups in total. The normalized spacial score (nSPS) is 24.1. The van der Waals surface area contributed by atoms with E-state index in [9.17, 15) is 8.42 Å². The van der Waals surface area contributed by atoms with Gasteiger partial charge in [0, 0.05) is 12.0 Å². The Morgan fingerprint density at radius 1 is 1.22 bits per heavy atom. The topological polar surface area (TPSA) is 60.2 Å². The molecule has 3 nitrogen and oxygen atoms in total. The lowest BCUT2D eigenvalue weighted by Crippen LogP contribution is -2.32. The van der Waals surface area contributed by atoms with Gasteiger partial charge in [0.15, 0.2) is 9.84 Å². The van der Waals surface area contributed by atoms with Crippen LogP contribution in [0, 0.1) is 0 Å². The van der Waals surface area contributed by atoms with Crippen LogP contribution in [-0.2, 0) is 21.7 Å². The summed E-state index contributed by atoms with van der Waals surface area (Å²) in [6, 6.07) is 5.88. The van der Waals surface area contributed by atoms with Crippen molar-refractivity contribution in [3.63, 3.8) is 0 Å². The van der Waals surface area contributed by atoms with Crippen LogP contribution in [0.25, 0.3) is 0 Å². The van der Waals surface area contributed by atoms with Gasteiger partial charge < -0.3 is 5.73 Å². The molecule has 98 valence electrons. The lowest BCUT2D eigenvalue weighted by atomic mass is 9.78. The second-order valence-corrected chi connectivity index (χ2v) is 7.66. The molecule has 1 aromatic rings. The van der Waals surface area contributed by atoms with Crippen molar-refractivity contribution in [1.82, 2.24) is 0 Å². The van der Waals surface area contributed by atoms with Gasteiger partial charge in [-0.1, -0.05) is 25.0 Å². The van der Waals surface area contributed by atoms with Gasteiger partial charge in [-0.05, 0) is 36.5 Å². The summed E-state index contributed by atoms with van der Waals surface area (Å²) in [5, 5.41) is 0. The quantitative estimate of drug-likeness (QED) is 0.887. The van der Waals surface area contributed by atoms with Crippen LogP contribution in [0.15, 0.2) is 23.1 Å². The average molecular weight is 265 g/mol. The predicted molar refractivity (Wildman–Crippen MR) is 71.4 cm³/mol. The van der Waals surface area contributed by atoms with E-state index in [1.807, 2.05) is 6.07 Å². The second kappa shape index (κ2) is 4.07. The average Bonchev–Trinajstić information content (AvgIpc) is 2.95. The number of aryl methyl sites for hydroxylation is 1. The monoisotopic (exact) mass is 265 g/mol. The van der Waals surface area contributed by atoms with Gasteiger partial charge in [0.05, 0.1) is 10.6 Å². The van der Waals surface area contributed by atoms with E-state index >= 15 is 0 Å². The highest BCUT2D eigenvalue weighted by atomic mass is 32.2. The number of fused-ring (bicyclic) bond motifs is 1. The summed E-state index contributed by atoms with van der Waals surface area (Å²) in [5.74, 6) is 0.265. The summed E-state index contributed by atoms with van der Waals surface area (Å²) in [5.41, 5.74) is 8.32. The summed E-state index contributed by atoms with van der Waals surface area (Å²) >= 11 is 0. The van der Waals surface area contributed by atoms with Crippen molar-refractivity contribution in [2.75, 3.05) is 12.3 Å². The number of hydrogen-bond donors (Lipinski definition) is 1. The van der Waals surface area contributed by atoms with Gasteiger partial charge in [0.1, 0.15) is 0 Å². The van der Waals surface area contributed by atoms with Crippen LogP contribution < -0.4 is 5.73 Å². The zero-order chi connectivity index (χ0) is 12.8. The van der Waals surface area contributed by atoms with Crippen LogP contribution in [0.5, 0.6) is 0 Å². The molecule has 3 rings (SSSR count). The molecule has 1 saturated carbocycles. The van der Waals surface area contributed by atoms with Crippen molar-refractivity contribution in [1.29, 1.82) is 0 Å². The third-order valence-corrected chi connectivity index (χ3v) is 6.41. The summed E-state index contributed by atoms with van der Waals surface area (Å²) in [7, 11) is -3.00. The maximum Gasteiger partial charge on any atom is 0.178 e. The van der Waals surface area contributed by atoms with E-state index in [2.05, 4.69) is 6.07 Å². The minimum Gasteiger partial charge on any atom is -0.330 e. The van der Waals surface area contributed by atoms with E-state index in [0.29, 0.717) is 17.9 Å². The number of nitrogens with two attached hydrogens (primary N) is 1. The van der Waals surface area contributed by atoms with E-state index in [0.717, 1.165) is 18.4 Å². The Balaban J connectivity index is 2.06. The Morgan fingerprint density at radius 2 is 1.94 bits per heavy atom. The van der Waals surface area contributed by atoms with Gasteiger partial charge in [0.2, 0.25) is 0 Å². The highest BCUT2D eigenvalue weighted by molar-refractivity contribution is 7.91. The third-order valence-electron chi connectivity index (χ3n) is 4.60. The molecule has 4 heteroatoms. The van der Waals surface area contributed by atoms with Gasteiger partial charge in [-0.3, -0.25) is 0 Å². The molecule has 0 radical (unpaired) electrons. The first-order valence-electron chi connectivity index (χ1n) is 6.64. The Morgan fingerprint density at radius 3 is 2.61 bits per heavy atom. The molecule has 2 aliphatic rings. The largest absolute Gasteiger partial charge is 0.330 e. The van der Waals surface area contributed by atoms with Crippen molar-refractivity contribution in [2.24, 2.45) is 5.73 Å². The Bertz CT molecular complexity index is 571. The van der Waals surface area contributed by atoms with E-state index in [1.54, 1.807) is 6.07 Å². The Hall–Kier alpha value is -0.870. The minimum absolute atomic E-state index is 0.0986. The lowest BCUT2D eigenvalue weighted by molar-refractivity contribution is 0.452. The molecular weight excluding hydrogens is 246 g/mol. The number of sulfone groups is 1. The highest BCUT2D eigenvalue weighted by Gasteiger charge is 2.36. The van der Waals surface area contributed by atoms with Crippen LogP contribution in [0.1, 0.15) is 36.8 Å². The molecule has 0 saturated heterocycles. The fourth-order valence-electron chi connectivity index (χ4n) is 3.42. The van der Waals surface area contributed by atoms with Gasteiger partial charge in [-0.2, -0.15) is 0 Å². The summed E-state index contributed by atoms with van der Waals surface area (Å²) in [6.45, 7) is 0.665. The van der Waals surface area contributed by atoms with Crippen molar-refractivity contribution in [2.45, 2.75) is 42.4 Å². The molecular formula is C14H19NO2S. The van der Waals surface area contributed by atoms with Crippen LogP contribution in [0.4, 0.5) is 0 Å². The summed E-state index contributed by atoms with van der Waals surface area (Å²) < 4.78 is 23.6. The van der Waals surface area contributed by atoms with Crippen LogP contribution in [0.2, 0.25) is 0 Å². The van der Waals surface area contributed by atoms with Crippen molar-refractivity contribution in [3.05, 3.63) is 29.3 Å². The first-order chi connectivity index (χ1) is 8.57. The lowest BCUT2D eigenvalue weighted by Gasteiger charge is -2.28. The molecule has 1 aromatic carbocycles. The SMILES string of the molecule is NCC1(c2ccc3c(c2)CCS3(=O)=O)CCCC1. The molecule has 1 aliphatic carbocycles. The van der Waals surface area contributed by atoms with E-state index in [1.165, 1.54) is 18.4 Å². The Labute approximate surface area is 108 Å². The maximum absolute atomic E-state index is 11.8. The smallest absolute Gasteiger partial charge is 0.178 e. The van der Waals surface area contributed by atoms with Gasteiger partial charge in [0.25, 0.3) is 0 Å². The van der Waals surface area contributed by atoms with Crippen molar-refractivity contribution < 1.29 is 8.42 Å². The molecule has 1 aliphatic heterocycles. The van der Waals surface area contributed by atoms with Crippen LogP contribution in [-0.4, -0.2) is 20.7 Å². The minimum atomic E-state index is -3.00.